The van der Waals surface area contributed by atoms with Gasteiger partial charge in [-0.3, -0.25) is 0 Å². The van der Waals surface area contributed by atoms with Gasteiger partial charge in [0.1, 0.15) is 18.2 Å². The van der Waals surface area contributed by atoms with Gasteiger partial charge in [0.25, 0.3) is 0 Å². The third kappa shape index (κ3) is 3.01. The summed E-state index contributed by atoms with van der Waals surface area (Å²) in [7, 11) is 0. The lowest BCUT2D eigenvalue weighted by atomic mass is 10.3. The third-order valence-corrected chi connectivity index (χ3v) is 2.82. The Bertz CT molecular complexity index is 491. The largest absolute Gasteiger partial charge is 0.487 e. The van der Waals surface area contributed by atoms with E-state index < -0.39 is 0 Å². The predicted molar refractivity (Wildman–Crippen MR) is 68.4 cm³/mol. The molecule has 1 aromatic heterocycles. The molecule has 0 aliphatic rings. The van der Waals surface area contributed by atoms with E-state index in [4.69, 9.17) is 16.3 Å². The Labute approximate surface area is 106 Å². The van der Waals surface area contributed by atoms with Crippen molar-refractivity contribution in [2.24, 2.45) is 0 Å². The van der Waals surface area contributed by atoms with Gasteiger partial charge in [0.15, 0.2) is 0 Å². The number of imidazole rings is 1. The molecule has 1 aromatic carbocycles. The molecule has 1 heterocycles. The smallest absolute Gasteiger partial charge is 0.132 e. The van der Waals surface area contributed by atoms with Crippen LogP contribution in [0.4, 0.5) is 0 Å². The van der Waals surface area contributed by atoms with Crippen LogP contribution in [-0.4, -0.2) is 9.55 Å². The average Bonchev–Trinajstić information content (AvgIpc) is 2.69. The number of benzene rings is 1. The fourth-order valence-corrected chi connectivity index (χ4v) is 1.78. The van der Waals surface area contributed by atoms with Crippen LogP contribution in [0.15, 0.2) is 30.5 Å². The van der Waals surface area contributed by atoms with Crippen molar-refractivity contribution < 1.29 is 4.74 Å². The quantitative estimate of drug-likeness (QED) is 0.831. The van der Waals surface area contributed by atoms with Crippen LogP contribution in [-0.2, 0) is 13.2 Å². The summed E-state index contributed by atoms with van der Waals surface area (Å²) in [6.07, 6.45) is 2.02. The molecule has 0 unspecified atom stereocenters. The van der Waals surface area contributed by atoms with Gasteiger partial charge >= 0.3 is 0 Å². The molecule has 4 heteroatoms. The zero-order valence-electron chi connectivity index (χ0n) is 9.98. The van der Waals surface area contributed by atoms with Crippen molar-refractivity contribution in [2.75, 3.05) is 0 Å². The molecule has 0 radical (unpaired) electrons. The second kappa shape index (κ2) is 5.23. The van der Waals surface area contributed by atoms with E-state index in [2.05, 4.69) is 16.5 Å². The lowest BCUT2D eigenvalue weighted by Crippen LogP contribution is -1.95. The monoisotopic (exact) mass is 250 g/mol. The van der Waals surface area contributed by atoms with Crippen LogP contribution in [0, 0.1) is 6.92 Å². The molecule has 0 amide bonds. The van der Waals surface area contributed by atoms with Gasteiger partial charge in [-0.25, -0.2) is 4.98 Å². The number of aryl methyl sites for hydroxylation is 2. The number of hydrogen-bond acceptors (Lipinski definition) is 2. The number of aromatic nitrogens is 2. The van der Waals surface area contributed by atoms with Gasteiger partial charge in [0, 0.05) is 17.8 Å². The summed E-state index contributed by atoms with van der Waals surface area (Å²) < 4.78 is 7.72. The Balaban J connectivity index is 1.99. The summed E-state index contributed by atoms with van der Waals surface area (Å²) in [5.74, 6) is 1.82. The molecule has 0 spiro atoms. The van der Waals surface area contributed by atoms with E-state index in [1.165, 1.54) is 0 Å². The van der Waals surface area contributed by atoms with Crippen molar-refractivity contribution in [1.82, 2.24) is 9.55 Å². The Kier molecular flexibility index (Phi) is 3.69. The first kappa shape index (κ1) is 12.0. The SMILES string of the molecule is CCn1cc(COc2ccc(Cl)cc2)nc1C. The fourth-order valence-electron chi connectivity index (χ4n) is 1.65. The van der Waals surface area contributed by atoms with Crippen molar-refractivity contribution in [3.05, 3.63) is 47.0 Å². The van der Waals surface area contributed by atoms with Crippen LogP contribution in [0.2, 0.25) is 5.02 Å². The molecular formula is C13H15ClN2O. The lowest BCUT2D eigenvalue weighted by molar-refractivity contribution is 0.301. The van der Waals surface area contributed by atoms with Crippen molar-refractivity contribution in [3.63, 3.8) is 0 Å². The minimum atomic E-state index is 0.482. The van der Waals surface area contributed by atoms with E-state index in [9.17, 15) is 0 Å². The summed E-state index contributed by atoms with van der Waals surface area (Å²) in [4.78, 5) is 4.43. The Morgan fingerprint density at radius 3 is 2.59 bits per heavy atom. The Morgan fingerprint density at radius 1 is 1.29 bits per heavy atom. The van der Waals surface area contributed by atoms with Gasteiger partial charge < -0.3 is 9.30 Å². The number of ether oxygens (including phenoxy) is 1. The average molecular weight is 251 g/mol. The molecule has 0 saturated carbocycles. The maximum absolute atomic E-state index is 5.80. The van der Waals surface area contributed by atoms with E-state index in [0.717, 1.165) is 23.8 Å². The van der Waals surface area contributed by atoms with Crippen LogP contribution in [0.25, 0.3) is 0 Å². The molecular weight excluding hydrogens is 236 g/mol. The second-order valence-electron chi connectivity index (χ2n) is 3.81. The topological polar surface area (TPSA) is 27.1 Å². The molecule has 0 saturated heterocycles. The van der Waals surface area contributed by atoms with Crippen LogP contribution in [0.5, 0.6) is 5.75 Å². The second-order valence-corrected chi connectivity index (χ2v) is 4.24. The van der Waals surface area contributed by atoms with E-state index >= 15 is 0 Å². The Morgan fingerprint density at radius 2 is 2.00 bits per heavy atom. The number of hydrogen-bond donors (Lipinski definition) is 0. The zero-order valence-corrected chi connectivity index (χ0v) is 10.7. The first-order chi connectivity index (χ1) is 8.19. The van der Waals surface area contributed by atoms with Gasteiger partial charge in [0.05, 0.1) is 5.69 Å². The molecule has 0 aliphatic heterocycles. The summed E-state index contributed by atoms with van der Waals surface area (Å²) in [6, 6.07) is 7.33. The standard InChI is InChI=1S/C13H15ClN2O/c1-3-16-8-12(15-10(16)2)9-17-13-6-4-11(14)5-7-13/h4-8H,3,9H2,1-2H3. The molecule has 0 bridgehead atoms. The summed E-state index contributed by atoms with van der Waals surface area (Å²) >= 11 is 5.80. The third-order valence-electron chi connectivity index (χ3n) is 2.57. The zero-order chi connectivity index (χ0) is 12.3. The van der Waals surface area contributed by atoms with Crippen LogP contribution in [0.1, 0.15) is 18.4 Å². The molecule has 3 nitrogen and oxygen atoms in total. The predicted octanol–water partition coefficient (Wildman–Crippen LogP) is 3.44. The van der Waals surface area contributed by atoms with Gasteiger partial charge in [-0.1, -0.05) is 11.6 Å². The van der Waals surface area contributed by atoms with E-state index in [0.29, 0.717) is 11.6 Å². The molecule has 90 valence electrons. The summed E-state index contributed by atoms with van der Waals surface area (Å²) in [5, 5.41) is 0.712. The van der Waals surface area contributed by atoms with E-state index in [1.54, 1.807) is 0 Å². The highest BCUT2D eigenvalue weighted by atomic mass is 35.5. The van der Waals surface area contributed by atoms with Gasteiger partial charge in [-0.15, -0.1) is 0 Å². The maximum Gasteiger partial charge on any atom is 0.132 e. The summed E-state index contributed by atoms with van der Waals surface area (Å²) in [5.41, 5.74) is 0.944. The number of halogens is 1. The molecule has 0 atom stereocenters. The highest BCUT2D eigenvalue weighted by Crippen LogP contribution is 2.16. The molecule has 2 aromatic rings. The van der Waals surface area contributed by atoms with Crippen LogP contribution in [0.3, 0.4) is 0 Å². The van der Waals surface area contributed by atoms with Crippen molar-refractivity contribution in [2.45, 2.75) is 27.0 Å². The number of nitrogens with zero attached hydrogens (tertiary/aromatic N) is 2. The van der Waals surface area contributed by atoms with Crippen molar-refractivity contribution >= 4 is 11.6 Å². The summed E-state index contributed by atoms with van der Waals surface area (Å²) in [6.45, 7) is 5.50. The molecule has 2 rings (SSSR count). The van der Waals surface area contributed by atoms with Crippen LogP contribution >= 0.6 is 11.6 Å². The van der Waals surface area contributed by atoms with Crippen molar-refractivity contribution in [1.29, 1.82) is 0 Å². The molecule has 0 aliphatic carbocycles. The normalized spacial score (nSPS) is 10.5. The highest BCUT2D eigenvalue weighted by molar-refractivity contribution is 6.30. The molecule has 0 N–H and O–H groups in total. The van der Waals surface area contributed by atoms with Gasteiger partial charge in [0.2, 0.25) is 0 Å². The Hall–Kier alpha value is -1.48. The maximum atomic E-state index is 5.80. The van der Waals surface area contributed by atoms with Gasteiger partial charge in [-0.2, -0.15) is 0 Å². The molecule has 0 fully saturated rings. The van der Waals surface area contributed by atoms with Gasteiger partial charge in [-0.05, 0) is 38.1 Å². The highest BCUT2D eigenvalue weighted by Gasteiger charge is 2.03. The molecule has 17 heavy (non-hydrogen) atoms. The van der Waals surface area contributed by atoms with E-state index in [1.807, 2.05) is 37.4 Å². The first-order valence-corrected chi connectivity index (χ1v) is 5.98. The first-order valence-electron chi connectivity index (χ1n) is 5.60. The minimum absolute atomic E-state index is 0.482. The minimum Gasteiger partial charge on any atom is -0.487 e. The van der Waals surface area contributed by atoms with Crippen LogP contribution < -0.4 is 4.74 Å². The lowest BCUT2D eigenvalue weighted by Gasteiger charge is -2.03. The van der Waals surface area contributed by atoms with E-state index in [-0.39, 0.29) is 0 Å². The number of rotatable bonds is 4. The van der Waals surface area contributed by atoms with Crippen molar-refractivity contribution in [3.8, 4) is 5.75 Å². The fraction of sp³-hybridized carbons (Fsp3) is 0.308.